The van der Waals surface area contributed by atoms with Crippen LogP contribution in [0.15, 0.2) is 42.5 Å². The molecule has 0 unspecified atom stereocenters. The van der Waals surface area contributed by atoms with Crippen LogP contribution < -0.4 is 0 Å². The first-order chi connectivity index (χ1) is 11.7. The first-order valence-corrected chi connectivity index (χ1v) is 8.68. The molecule has 3 aromatic rings. The zero-order valence-corrected chi connectivity index (χ0v) is 14.0. The van der Waals surface area contributed by atoms with Crippen molar-refractivity contribution in [3.05, 3.63) is 53.9 Å². The maximum Gasteiger partial charge on any atom is 0.133 e. The summed E-state index contributed by atoms with van der Waals surface area (Å²) in [6.45, 7) is 4.65. The summed E-state index contributed by atoms with van der Waals surface area (Å²) in [5.74, 6) is 0.610. The molecule has 2 aromatic carbocycles. The van der Waals surface area contributed by atoms with Crippen LogP contribution in [0.1, 0.15) is 37.2 Å². The summed E-state index contributed by atoms with van der Waals surface area (Å²) in [5, 5.41) is 9.23. The van der Waals surface area contributed by atoms with Crippen LogP contribution in [0.3, 0.4) is 0 Å². The lowest BCUT2D eigenvalue weighted by atomic mass is 9.99. The van der Waals surface area contributed by atoms with E-state index in [1.807, 2.05) is 6.07 Å². The molecule has 0 bridgehead atoms. The zero-order chi connectivity index (χ0) is 16.5. The predicted molar refractivity (Wildman–Crippen MR) is 96.7 cm³/mol. The van der Waals surface area contributed by atoms with E-state index < -0.39 is 0 Å². The first kappa shape index (κ1) is 15.4. The second kappa shape index (κ2) is 6.38. The molecule has 0 spiro atoms. The van der Waals surface area contributed by atoms with Crippen LogP contribution in [-0.4, -0.2) is 33.1 Å². The standard InChI is InChI=1S/C20H23N3O/c1-14(23-9-2-3-10-23)15-5-4-6-16(11-15)17-7-8-18-19(12-17)22-20(13-24)21-18/h4-8,11-12,14,24H,2-3,9-10,13H2,1H3,(H,21,22)/t14-/m0/s1. The molecule has 24 heavy (non-hydrogen) atoms. The quantitative estimate of drug-likeness (QED) is 0.767. The van der Waals surface area contributed by atoms with Crippen molar-refractivity contribution in [3.8, 4) is 11.1 Å². The molecule has 1 aliphatic heterocycles. The Kier molecular flexibility index (Phi) is 4.08. The van der Waals surface area contributed by atoms with E-state index in [-0.39, 0.29) is 6.61 Å². The summed E-state index contributed by atoms with van der Waals surface area (Å²) in [5.41, 5.74) is 5.63. The highest BCUT2D eigenvalue weighted by Gasteiger charge is 2.19. The van der Waals surface area contributed by atoms with Crippen molar-refractivity contribution >= 4 is 11.0 Å². The molecule has 2 N–H and O–H groups in total. The minimum atomic E-state index is -0.0627. The Balaban J connectivity index is 1.67. The van der Waals surface area contributed by atoms with E-state index >= 15 is 0 Å². The number of hydrogen-bond acceptors (Lipinski definition) is 3. The van der Waals surface area contributed by atoms with Gasteiger partial charge >= 0.3 is 0 Å². The van der Waals surface area contributed by atoms with Crippen LogP contribution in [0, 0.1) is 0 Å². The Morgan fingerprint density at radius 3 is 2.71 bits per heavy atom. The van der Waals surface area contributed by atoms with Gasteiger partial charge < -0.3 is 10.1 Å². The molecule has 2 heterocycles. The van der Waals surface area contributed by atoms with Gasteiger partial charge in [0, 0.05) is 6.04 Å². The van der Waals surface area contributed by atoms with Gasteiger partial charge in [-0.25, -0.2) is 4.98 Å². The number of nitrogens with zero attached hydrogens (tertiary/aromatic N) is 2. The molecule has 1 aromatic heterocycles. The van der Waals surface area contributed by atoms with Crippen molar-refractivity contribution in [1.82, 2.24) is 14.9 Å². The van der Waals surface area contributed by atoms with Gasteiger partial charge in [0.1, 0.15) is 12.4 Å². The maximum absolute atomic E-state index is 9.23. The fourth-order valence-electron chi connectivity index (χ4n) is 3.63. The van der Waals surface area contributed by atoms with E-state index in [1.54, 1.807) is 0 Å². The van der Waals surface area contributed by atoms with Crippen molar-refractivity contribution in [1.29, 1.82) is 0 Å². The molecular formula is C20H23N3O. The van der Waals surface area contributed by atoms with Crippen molar-refractivity contribution in [2.24, 2.45) is 0 Å². The van der Waals surface area contributed by atoms with E-state index in [2.05, 4.69) is 58.2 Å². The summed E-state index contributed by atoms with van der Waals surface area (Å²) in [6, 6.07) is 15.5. The summed E-state index contributed by atoms with van der Waals surface area (Å²) in [7, 11) is 0. The third-order valence-corrected chi connectivity index (χ3v) is 5.07. The second-order valence-corrected chi connectivity index (χ2v) is 6.62. The smallest absolute Gasteiger partial charge is 0.133 e. The molecule has 4 nitrogen and oxygen atoms in total. The van der Waals surface area contributed by atoms with Crippen LogP contribution in [0.5, 0.6) is 0 Å². The minimum Gasteiger partial charge on any atom is -0.388 e. The van der Waals surface area contributed by atoms with Gasteiger partial charge in [-0.1, -0.05) is 24.3 Å². The molecule has 0 aliphatic carbocycles. The zero-order valence-electron chi connectivity index (χ0n) is 14.0. The fourth-order valence-corrected chi connectivity index (χ4v) is 3.63. The van der Waals surface area contributed by atoms with Crippen molar-refractivity contribution in [2.45, 2.75) is 32.4 Å². The van der Waals surface area contributed by atoms with Crippen molar-refractivity contribution < 1.29 is 5.11 Å². The average Bonchev–Trinajstić information content (AvgIpc) is 3.29. The van der Waals surface area contributed by atoms with Gasteiger partial charge in [0.25, 0.3) is 0 Å². The van der Waals surface area contributed by atoms with Crippen LogP contribution in [0.2, 0.25) is 0 Å². The summed E-state index contributed by atoms with van der Waals surface area (Å²) < 4.78 is 0. The van der Waals surface area contributed by atoms with Gasteiger partial charge in [0.15, 0.2) is 0 Å². The van der Waals surface area contributed by atoms with Crippen LogP contribution >= 0.6 is 0 Å². The lowest BCUT2D eigenvalue weighted by Gasteiger charge is -2.24. The van der Waals surface area contributed by atoms with E-state index in [0.717, 1.165) is 11.0 Å². The van der Waals surface area contributed by atoms with Crippen molar-refractivity contribution in [2.75, 3.05) is 13.1 Å². The minimum absolute atomic E-state index is 0.0627. The molecule has 0 saturated carbocycles. The highest BCUT2D eigenvalue weighted by Crippen LogP contribution is 2.29. The first-order valence-electron chi connectivity index (χ1n) is 8.68. The fraction of sp³-hybridized carbons (Fsp3) is 0.350. The molecule has 4 heteroatoms. The van der Waals surface area contributed by atoms with E-state index in [9.17, 15) is 5.11 Å². The summed E-state index contributed by atoms with van der Waals surface area (Å²) in [6.07, 6.45) is 2.63. The van der Waals surface area contributed by atoms with E-state index in [4.69, 9.17) is 0 Å². The number of aromatic amines is 1. The average molecular weight is 321 g/mol. The molecule has 1 atom stereocenters. The summed E-state index contributed by atoms with van der Waals surface area (Å²) >= 11 is 0. The van der Waals surface area contributed by atoms with Gasteiger partial charge in [0.2, 0.25) is 0 Å². The molecule has 1 aliphatic rings. The van der Waals surface area contributed by atoms with Gasteiger partial charge in [0.05, 0.1) is 11.0 Å². The number of aliphatic hydroxyl groups is 1. The highest BCUT2D eigenvalue weighted by atomic mass is 16.3. The Bertz CT molecular complexity index is 849. The molecule has 4 rings (SSSR count). The number of hydrogen-bond donors (Lipinski definition) is 2. The Morgan fingerprint density at radius 1 is 1.12 bits per heavy atom. The molecule has 0 radical (unpaired) electrons. The molecular weight excluding hydrogens is 298 g/mol. The van der Waals surface area contributed by atoms with Crippen LogP contribution in [0.4, 0.5) is 0 Å². The number of likely N-dealkylation sites (tertiary alicyclic amines) is 1. The van der Waals surface area contributed by atoms with E-state index in [1.165, 1.54) is 42.6 Å². The largest absolute Gasteiger partial charge is 0.388 e. The molecule has 1 saturated heterocycles. The normalized spacial score (nSPS) is 16.8. The van der Waals surface area contributed by atoms with Crippen LogP contribution in [0.25, 0.3) is 22.2 Å². The monoisotopic (exact) mass is 321 g/mol. The number of nitrogens with one attached hydrogen (secondary N) is 1. The van der Waals surface area contributed by atoms with Crippen molar-refractivity contribution in [3.63, 3.8) is 0 Å². The van der Waals surface area contributed by atoms with Gasteiger partial charge in [-0.15, -0.1) is 0 Å². The SMILES string of the molecule is C[C@@H](c1cccc(-c2ccc3nc(CO)[nH]c3c2)c1)N1CCCC1. The molecule has 0 amide bonds. The lowest BCUT2D eigenvalue weighted by Crippen LogP contribution is -2.23. The third-order valence-electron chi connectivity index (χ3n) is 5.07. The van der Waals surface area contributed by atoms with Gasteiger partial charge in [-0.3, -0.25) is 4.90 Å². The Morgan fingerprint density at radius 2 is 1.92 bits per heavy atom. The predicted octanol–water partition coefficient (Wildman–Crippen LogP) is 3.88. The number of aliphatic hydroxyl groups excluding tert-OH is 1. The van der Waals surface area contributed by atoms with Gasteiger partial charge in [-0.2, -0.15) is 0 Å². The second-order valence-electron chi connectivity index (χ2n) is 6.62. The topological polar surface area (TPSA) is 52.2 Å². The number of imidazole rings is 1. The Labute approximate surface area is 142 Å². The number of aromatic nitrogens is 2. The van der Waals surface area contributed by atoms with E-state index in [0.29, 0.717) is 11.9 Å². The number of fused-ring (bicyclic) bond motifs is 1. The Hall–Kier alpha value is -2.17. The highest BCUT2D eigenvalue weighted by molar-refractivity contribution is 5.82. The van der Waals surface area contributed by atoms with Crippen LogP contribution in [-0.2, 0) is 6.61 Å². The third kappa shape index (κ3) is 2.83. The molecule has 1 fully saturated rings. The summed E-state index contributed by atoms with van der Waals surface area (Å²) in [4.78, 5) is 10.1. The lowest BCUT2D eigenvalue weighted by molar-refractivity contribution is 0.263. The number of benzene rings is 2. The number of H-pyrrole nitrogens is 1. The maximum atomic E-state index is 9.23. The number of rotatable bonds is 4. The molecule has 124 valence electrons. The van der Waals surface area contributed by atoms with Gasteiger partial charge in [-0.05, 0) is 67.7 Å².